The van der Waals surface area contributed by atoms with E-state index in [-0.39, 0.29) is 5.75 Å². The molecule has 2 N–H and O–H groups in total. The summed E-state index contributed by atoms with van der Waals surface area (Å²) in [4.78, 5) is 0. The third-order valence-corrected chi connectivity index (χ3v) is 4.07. The first kappa shape index (κ1) is 12.9. The van der Waals surface area contributed by atoms with Crippen molar-refractivity contribution in [3.8, 4) is 0 Å². The lowest BCUT2D eigenvalue weighted by atomic mass is 9.89. The smallest absolute Gasteiger partial charge is 0.212 e. The van der Waals surface area contributed by atoms with Crippen LogP contribution in [-0.4, -0.2) is 46.5 Å². The fourth-order valence-corrected chi connectivity index (χ4v) is 2.58. The molecule has 1 aliphatic rings. The van der Waals surface area contributed by atoms with Gasteiger partial charge < -0.3 is 10.1 Å². The maximum absolute atomic E-state index is 11.3. The lowest BCUT2D eigenvalue weighted by molar-refractivity contribution is 0.0181. The summed E-state index contributed by atoms with van der Waals surface area (Å²) in [6.07, 6.45) is 2.32. The van der Waals surface area contributed by atoms with Gasteiger partial charge in [0.05, 0.1) is 11.9 Å². The normalized spacial score (nSPS) is 26.3. The van der Waals surface area contributed by atoms with E-state index < -0.39 is 10.0 Å². The van der Waals surface area contributed by atoms with Gasteiger partial charge in [0.1, 0.15) is 0 Å². The summed E-state index contributed by atoms with van der Waals surface area (Å²) < 4.78 is 30.1. The van der Waals surface area contributed by atoms with E-state index in [1.165, 1.54) is 0 Å². The van der Waals surface area contributed by atoms with Crippen molar-refractivity contribution in [3.05, 3.63) is 0 Å². The van der Waals surface area contributed by atoms with Crippen molar-refractivity contribution in [1.82, 2.24) is 10.0 Å². The highest BCUT2D eigenvalue weighted by Gasteiger charge is 2.28. The van der Waals surface area contributed by atoms with E-state index in [0.29, 0.717) is 25.2 Å². The number of ether oxygens (including phenoxy) is 1. The molecule has 0 aromatic carbocycles. The van der Waals surface area contributed by atoms with Crippen molar-refractivity contribution in [3.63, 3.8) is 0 Å². The van der Waals surface area contributed by atoms with Gasteiger partial charge in [0.15, 0.2) is 0 Å². The minimum absolute atomic E-state index is 0.148. The average molecular weight is 236 g/mol. The summed E-state index contributed by atoms with van der Waals surface area (Å²) >= 11 is 0. The topological polar surface area (TPSA) is 67.4 Å². The van der Waals surface area contributed by atoms with Gasteiger partial charge in [-0.05, 0) is 12.8 Å². The van der Waals surface area contributed by atoms with E-state index in [9.17, 15) is 8.42 Å². The molecule has 1 fully saturated rings. The molecule has 0 atom stereocenters. The van der Waals surface area contributed by atoms with Gasteiger partial charge in [-0.15, -0.1) is 0 Å². The zero-order valence-electron chi connectivity index (χ0n) is 9.32. The second-order valence-corrected chi connectivity index (χ2v) is 5.72. The number of hydrogen-bond donors (Lipinski definition) is 2. The average Bonchev–Trinajstić information content (AvgIpc) is 2.08. The number of nitrogens with one attached hydrogen (secondary N) is 2. The Morgan fingerprint density at radius 3 is 2.60 bits per heavy atom. The second kappa shape index (κ2) is 5.79. The maximum Gasteiger partial charge on any atom is 0.212 e. The van der Waals surface area contributed by atoms with Gasteiger partial charge in [-0.2, -0.15) is 0 Å². The largest absolute Gasteiger partial charge is 0.381 e. The SMILES string of the molecule is CCNS(=O)(=O)CCNC1CC(OC)C1. The fourth-order valence-electron chi connectivity index (χ4n) is 1.61. The zero-order chi connectivity index (χ0) is 11.3. The Bertz CT molecular complexity index is 273. The highest BCUT2D eigenvalue weighted by atomic mass is 32.2. The molecule has 0 unspecified atom stereocenters. The van der Waals surface area contributed by atoms with Crippen molar-refractivity contribution in [2.24, 2.45) is 0 Å². The molecule has 0 radical (unpaired) electrons. The van der Waals surface area contributed by atoms with Crippen LogP contribution in [-0.2, 0) is 14.8 Å². The van der Waals surface area contributed by atoms with Crippen molar-refractivity contribution in [2.75, 3.05) is 26.0 Å². The van der Waals surface area contributed by atoms with Gasteiger partial charge in [-0.1, -0.05) is 6.92 Å². The van der Waals surface area contributed by atoms with Crippen molar-refractivity contribution in [1.29, 1.82) is 0 Å². The highest BCUT2D eigenvalue weighted by molar-refractivity contribution is 7.89. The first-order valence-electron chi connectivity index (χ1n) is 5.31. The van der Waals surface area contributed by atoms with Crippen LogP contribution >= 0.6 is 0 Å². The summed E-state index contributed by atoms with van der Waals surface area (Å²) in [7, 11) is -1.37. The Balaban J connectivity index is 2.07. The molecule has 15 heavy (non-hydrogen) atoms. The molecule has 5 nitrogen and oxygen atoms in total. The van der Waals surface area contributed by atoms with Crippen LogP contribution < -0.4 is 10.0 Å². The monoisotopic (exact) mass is 236 g/mol. The molecule has 0 saturated heterocycles. The van der Waals surface area contributed by atoms with Gasteiger partial charge >= 0.3 is 0 Å². The van der Waals surface area contributed by atoms with Crippen LogP contribution in [0.15, 0.2) is 0 Å². The number of hydrogen-bond acceptors (Lipinski definition) is 4. The molecule has 0 bridgehead atoms. The molecule has 1 aliphatic carbocycles. The second-order valence-electron chi connectivity index (χ2n) is 3.80. The van der Waals surface area contributed by atoms with Crippen LogP contribution in [0, 0.1) is 0 Å². The summed E-state index contributed by atoms with van der Waals surface area (Å²) in [6.45, 7) is 2.74. The minimum Gasteiger partial charge on any atom is -0.381 e. The van der Waals surface area contributed by atoms with E-state index in [1.807, 2.05) is 0 Å². The molecule has 0 amide bonds. The molecule has 1 rings (SSSR count). The van der Waals surface area contributed by atoms with Crippen LogP contribution in [0.25, 0.3) is 0 Å². The van der Waals surface area contributed by atoms with Gasteiger partial charge in [-0.3, -0.25) is 0 Å². The van der Waals surface area contributed by atoms with Crippen LogP contribution in [0.5, 0.6) is 0 Å². The maximum atomic E-state index is 11.3. The predicted molar refractivity (Wildman–Crippen MR) is 59.3 cm³/mol. The molecule has 6 heteroatoms. The van der Waals surface area contributed by atoms with Gasteiger partial charge in [-0.25, -0.2) is 13.1 Å². The van der Waals surface area contributed by atoms with Crippen LogP contribution in [0.4, 0.5) is 0 Å². The predicted octanol–water partition coefficient (Wildman–Crippen LogP) is -0.307. The zero-order valence-corrected chi connectivity index (χ0v) is 10.1. The van der Waals surface area contributed by atoms with E-state index in [1.54, 1.807) is 14.0 Å². The lowest BCUT2D eigenvalue weighted by Gasteiger charge is -2.34. The summed E-state index contributed by atoms with van der Waals surface area (Å²) in [5, 5.41) is 3.20. The first-order valence-corrected chi connectivity index (χ1v) is 6.96. The molecule has 90 valence electrons. The number of rotatable bonds is 7. The Labute approximate surface area is 91.6 Å². The highest BCUT2D eigenvalue weighted by Crippen LogP contribution is 2.21. The quantitative estimate of drug-likeness (QED) is 0.636. The molecule has 0 aromatic rings. The van der Waals surface area contributed by atoms with E-state index >= 15 is 0 Å². The minimum atomic E-state index is -3.07. The van der Waals surface area contributed by atoms with Gasteiger partial charge in [0.2, 0.25) is 10.0 Å². The first-order chi connectivity index (χ1) is 7.07. The van der Waals surface area contributed by atoms with Crippen LogP contribution in [0.3, 0.4) is 0 Å². The Morgan fingerprint density at radius 1 is 1.40 bits per heavy atom. The molecular weight excluding hydrogens is 216 g/mol. The number of sulfonamides is 1. The molecule has 0 aliphatic heterocycles. The van der Waals surface area contributed by atoms with Gasteiger partial charge in [0.25, 0.3) is 0 Å². The van der Waals surface area contributed by atoms with E-state index in [4.69, 9.17) is 4.74 Å². The Morgan fingerprint density at radius 2 is 2.07 bits per heavy atom. The van der Waals surface area contributed by atoms with E-state index in [2.05, 4.69) is 10.0 Å². The molecule has 1 saturated carbocycles. The summed E-state index contributed by atoms with van der Waals surface area (Å²) in [5.74, 6) is 0.148. The third-order valence-electron chi connectivity index (χ3n) is 2.60. The standard InChI is InChI=1S/C9H20N2O3S/c1-3-11-15(12,13)5-4-10-8-6-9(7-8)14-2/h8-11H,3-7H2,1-2H3. The summed E-state index contributed by atoms with van der Waals surface area (Å²) in [5.41, 5.74) is 0. The van der Waals surface area contributed by atoms with Crippen molar-refractivity contribution in [2.45, 2.75) is 31.9 Å². The van der Waals surface area contributed by atoms with Crippen LogP contribution in [0.1, 0.15) is 19.8 Å². The molecule has 0 spiro atoms. The Hall–Kier alpha value is -0.170. The van der Waals surface area contributed by atoms with E-state index in [0.717, 1.165) is 12.8 Å². The Kier molecular flexibility index (Phi) is 4.98. The third kappa shape index (κ3) is 4.46. The van der Waals surface area contributed by atoms with Crippen molar-refractivity contribution >= 4 is 10.0 Å². The van der Waals surface area contributed by atoms with Crippen LogP contribution in [0.2, 0.25) is 0 Å². The van der Waals surface area contributed by atoms with Crippen molar-refractivity contribution < 1.29 is 13.2 Å². The fraction of sp³-hybridized carbons (Fsp3) is 1.00. The lowest BCUT2D eigenvalue weighted by Crippen LogP contribution is -2.46. The summed E-state index contributed by atoms with van der Waals surface area (Å²) in [6, 6.07) is 0.423. The number of methoxy groups -OCH3 is 1. The molecule has 0 aromatic heterocycles. The van der Waals surface area contributed by atoms with Gasteiger partial charge in [0, 0.05) is 26.2 Å². The molecular formula is C9H20N2O3S. The molecule has 0 heterocycles.